The average molecular weight is 393 g/mol. The lowest BCUT2D eigenvalue weighted by Crippen LogP contribution is -2.48. The molecule has 0 aromatic carbocycles. The molecule has 28 heavy (non-hydrogen) atoms. The summed E-state index contributed by atoms with van der Waals surface area (Å²) in [6.07, 6.45) is 0.569. The zero-order valence-corrected chi connectivity index (χ0v) is 15.6. The van der Waals surface area contributed by atoms with Crippen LogP contribution in [0.25, 0.3) is 0 Å². The molecule has 2 aliphatic rings. The number of methoxy groups -OCH3 is 1. The number of piperidine rings is 1. The maximum absolute atomic E-state index is 13.0. The first-order chi connectivity index (χ1) is 13.4. The smallest absolute Gasteiger partial charge is 0.433 e. The molecule has 0 bridgehead atoms. The van der Waals surface area contributed by atoms with Crippen LogP contribution >= 0.6 is 0 Å². The minimum Gasteiger partial charge on any atom is -0.481 e. The van der Waals surface area contributed by atoms with Crippen molar-refractivity contribution in [3.63, 3.8) is 0 Å². The van der Waals surface area contributed by atoms with Gasteiger partial charge in [-0.1, -0.05) is 6.07 Å². The number of nitrogens with zero attached hydrogens (tertiary/aromatic N) is 5. The molecule has 2 aromatic heterocycles. The Hall–Kier alpha value is -2.42. The van der Waals surface area contributed by atoms with Crippen LogP contribution in [0.4, 0.5) is 19.1 Å². The van der Waals surface area contributed by atoms with Crippen LogP contribution in [-0.2, 0) is 12.7 Å². The molecule has 150 valence electrons. The summed E-state index contributed by atoms with van der Waals surface area (Å²) in [4.78, 5) is 16.4. The van der Waals surface area contributed by atoms with E-state index in [4.69, 9.17) is 4.74 Å². The molecule has 0 aliphatic carbocycles. The van der Waals surface area contributed by atoms with E-state index in [1.165, 1.54) is 6.20 Å². The van der Waals surface area contributed by atoms with Crippen LogP contribution in [0, 0.1) is 5.92 Å². The molecule has 0 radical (unpaired) electrons. The summed E-state index contributed by atoms with van der Waals surface area (Å²) >= 11 is 0. The summed E-state index contributed by atoms with van der Waals surface area (Å²) in [5.74, 6) is 1.29. The molecule has 2 atom stereocenters. The molecule has 0 saturated carbocycles. The van der Waals surface area contributed by atoms with E-state index >= 15 is 0 Å². The standard InChI is InChI=1S/C19H22F3N5O/c1-28-17-3-2-13(10-24-17)11-26-8-5-14-6-9-27(12-15(14)26)18-23-7-4-16(25-18)19(20,21)22/h2-4,7,10,14-15H,5-6,8-9,11-12H2,1H3. The van der Waals surface area contributed by atoms with Crippen molar-refractivity contribution in [2.75, 3.05) is 31.6 Å². The van der Waals surface area contributed by atoms with Crippen LogP contribution in [0.5, 0.6) is 5.88 Å². The molecule has 6 nitrogen and oxygen atoms in total. The summed E-state index contributed by atoms with van der Waals surface area (Å²) in [6.45, 7) is 3.05. The third kappa shape index (κ3) is 3.89. The first-order valence-corrected chi connectivity index (χ1v) is 9.32. The predicted molar refractivity (Wildman–Crippen MR) is 97.0 cm³/mol. The second-order valence-electron chi connectivity index (χ2n) is 7.27. The largest absolute Gasteiger partial charge is 0.481 e. The van der Waals surface area contributed by atoms with E-state index in [1.807, 2.05) is 23.2 Å². The van der Waals surface area contributed by atoms with Crippen LogP contribution < -0.4 is 9.64 Å². The lowest BCUT2D eigenvalue weighted by Gasteiger charge is -2.38. The normalized spacial score (nSPS) is 22.9. The van der Waals surface area contributed by atoms with Gasteiger partial charge in [0.1, 0.15) is 5.69 Å². The fourth-order valence-electron chi connectivity index (χ4n) is 4.12. The summed E-state index contributed by atoms with van der Waals surface area (Å²) < 4.78 is 44.0. The minimum atomic E-state index is -4.46. The summed E-state index contributed by atoms with van der Waals surface area (Å²) in [7, 11) is 1.58. The average Bonchev–Trinajstić information content (AvgIpc) is 3.10. The molecule has 2 fully saturated rings. The van der Waals surface area contributed by atoms with Crippen molar-refractivity contribution in [3.05, 3.63) is 41.9 Å². The van der Waals surface area contributed by atoms with E-state index in [9.17, 15) is 13.2 Å². The van der Waals surface area contributed by atoms with Crippen molar-refractivity contribution < 1.29 is 17.9 Å². The fraction of sp³-hybridized carbons (Fsp3) is 0.526. The van der Waals surface area contributed by atoms with Crippen LogP contribution in [-0.4, -0.2) is 52.6 Å². The number of aromatic nitrogens is 3. The number of ether oxygens (including phenoxy) is 1. The number of pyridine rings is 1. The van der Waals surface area contributed by atoms with Gasteiger partial charge >= 0.3 is 6.18 Å². The van der Waals surface area contributed by atoms with Crippen molar-refractivity contribution in [2.24, 2.45) is 5.92 Å². The molecule has 4 rings (SSSR count). The highest BCUT2D eigenvalue weighted by molar-refractivity contribution is 5.33. The molecule has 2 unspecified atom stereocenters. The fourth-order valence-corrected chi connectivity index (χ4v) is 4.12. The van der Waals surface area contributed by atoms with Gasteiger partial charge in [-0.05, 0) is 36.9 Å². The van der Waals surface area contributed by atoms with E-state index in [2.05, 4.69) is 19.9 Å². The van der Waals surface area contributed by atoms with E-state index in [-0.39, 0.29) is 12.0 Å². The second kappa shape index (κ2) is 7.54. The van der Waals surface area contributed by atoms with Gasteiger partial charge in [-0.15, -0.1) is 0 Å². The van der Waals surface area contributed by atoms with Gasteiger partial charge in [0.25, 0.3) is 0 Å². The van der Waals surface area contributed by atoms with Crippen molar-refractivity contribution in [2.45, 2.75) is 31.6 Å². The van der Waals surface area contributed by atoms with Crippen molar-refractivity contribution in [1.82, 2.24) is 19.9 Å². The van der Waals surface area contributed by atoms with Crippen LogP contribution in [0.15, 0.2) is 30.6 Å². The van der Waals surface area contributed by atoms with E-state index < -0.39 is 11.9 Å². The monoisotopic (exact) mass is 393 g/mol. The first kappa shape index (κ1) is 18.9. The summed E-state index contributed by atoms with van der Waals surface area (Å²) in [5, 5.41) is 0. The van der Waals surface area contributed by atoms with Gasteiger partial charge in [0.2, 0.25) is 11.8 Å². The van der Waals surface area contributed by atoms with E-state index in [0.29, 0.717) is 24.9 Å². The molecule has 0 N–H and O–H groups in total. The highest BCUT2D eigenvalue weighted by atomic mass is 19.4. The first-order valence-electron chi connectivity index (χ1n) is 9.32. The van der Waals surface area contributed by atoms with Crippen LogP contribution in [0.1, 0.15) is 24.1 Å². The molecular weight excluding hydrogens is 371 g/mol. The molecule has 0 amide bonds. The van der Waals surface area contributed by atoms with Crippen molar-refractivity contribution in [3.8, 4) is 5.88 Å². The Morgan fingerprint density at radius 1 is 1.14 bits per heavy atom. The number of hydrogen-bond acceptors (Lipinski definition) is 6. The number of rotatable bonds is 4. The maximum Gasteiger partial charge on any atom is 0.433 e. The molecule has 4 heterocycles. The molecule has 9 heteroatoms. The van der Waals surface area contributed by atoms with Crippen molar-refractivity contribution in [1.29, 1.82) is 0 Å². The third-order valence-electron chi connectivity index (χ3n) is 5.59. The molecular formula is C19H22F3N5O. The molecule has 2 aromatic rings. The topological polar surface area (TPSA) is 54.4 Å². The van der Waals surface area contributed by atoms with E-state index in [0.717, 1.165) is 37.6 Å². The summed E-state index contributed by atoms with van der Waals surface area (Å²) in [6, 6.07) is 5.02. The quantitative estimate of drug-likeness (QED) is 0.796. The lowest BCUT2D eigenvalue weighted by molar-refractivity contribution is -0.141. The zero-order valence-electron chi connectivity index (χ0n) is 15.6. The van der Waals surface area contributed by atoms with Gasteiger partial charge in [-0.25, -0.2) is 15.0 Å². The Kier molecular flexibility index (Phi) is 5.09. The minimum absolute atomic E-state index is 0.159. The van der Waals surface area contributed by atoms with Gasteiger partial charge < -0.3 is 9.64 Å². The number of fused-ring (bicyclic) bond motifs is 1. The van der Waals surface area contributed by atoms with Crippen LogP contribution in [0.2, 0.25) is 0 Å². The Morgan fingerprint density at radius 2 is 1.96 bits per heavy atom. The Bertz CT molecular complexity index is 814. The number of hydrogen-bond donors (Lipinski definition) is 0. The van der Waals surface area contributed by atoms with Gasteiger partial charge in [-0.2, -0.15) is 13.2 Å². The Balaban J connectivity index is 1.47. The Labute approximate surface area is 161 Å². The number of anilines is 1. The zero-order chi connectivity index (χ0) is 19.7. The second-order valence-corrected chi connectivity index (χ2v) is 7.27. The van der Waals surface area contributed by atoms with E-state index in [1.54, 1.807) is 7.11 Å². The van der Waals surface area contributed by atoms with Gasteiger partial charge in [0.05, 0.1) is 7.11 Å². The highest BCUT2D eigenvalue weighted by Gasteiger charge is 2.39. The lowest BCUT2D eigenvalue weighted by atomic mass is 9.92. The van der Waals surface area contributed by atoms with Crippen LogP contribution in [0.3, 0.4) is 0 Å². The number of halogens is 3. The molecule has 0 spiro atoms. The predicted octanol–water partition coefficient (Wildman–Crippen LogP) is 3.00. The molecule has 2 aliphatic heterocycles. The number of alkyl halides is 3. The van der Waals surface area contributed by atoms with Crippen molar-refractivity contribution >= 4 is 5.95 Å². The third-order valence-corrected chi connectivity index (χ3v) is 5.59. The Morgan fingerprint density at radius 3 is 2.68 bits per heavy atom. The van der Waals surface area contributed by atoms with Gasteiger partial charge in [0, 0.05) is 44.1 Å². The highest BCUT2D eigenvalue weighted by Crippen LogP contribution is 2.34. The maximum atomic E-state index is 13.0. The SMILES string of the molecule is COc1ccc(CN2CCC3CCN(c4nccc(C(F)(F)F)n4)CC32)cn1. The van der Waals surface area contributed by atoms with Gasteiger partial charge in [0.15, 0.2) is 0 Å². The molecule has 2 saturated heterocycles. The number of likely N-dealkylation sites (tertiary alicyclic amines) is 1. The van der Waals surface area contributed by atoms with Gasteiger partial charge in [-0.3, -0.25) is 4.90 Å². The summed E-state index contributed by atoms with van der Waals surface area (Å²) in [5.41, 5.74) is 0.195.